The van der Waals surface area contributed by atoms with E-state index in [-0.39, 0.29) is 5.82 Å². The Morgan fingerprint density at radius 3 is 2.30 bits per heavy atom. The third-order valence-corrected chi connectivity index (χ3v) is 8.93. The fourth-order valence-corrected chi connectivity index (χ4v) is 7.13. The summed E-state index contributed by atoms with van der Waals surface area (Å²) < 4.78 is 19.2. The van der Waals surface area contributed by atoms with E-state index < -0.39 is 0 Å². The molecule has 3 aliphatic heterocycles. The number of aromatic nitrogens is 1. The first-order chi connectivity index (χ1) is 16.2. The SMILES string of the molecule is Fc1cncc(N2CC3(CCC(N4CCC(c5ccccc5C5CCOCC5)CC4)C3)C2)c1. The van der Waals surface area contributed by atoms with Crippen molar-refractivity contribution in [3.63, 3.8) is 0 Å². The van der Waals surface area contributed by atoms with Crippen LogP contribution in [0.5, 0.6) is 0 Å². The Morgan fingerprint density at radius 1 is 0.909 bits per heavy atom. The van der Waals surface area contributed by atoms with Gasteiger partial charge >= 0.3 is 0 Å². The Kier molecular flexibility index (Phi) is 5.87. The maximum Gasteiger partial charge on any atom is 0.143 e. The molecule has 4 fully saturated rings. The summed E-state index contributed by atoms with van der Waals surface area (Å²) in [5, 5.41) is 0. The molecule has 4 heterocycles. The maximum absolute atomic E-state index is 13.5. The highest BCUT2D eigenvalue weighted by Gasteiger charge is 2.49. The summed E-state index contributed by atoms with van der Waals surface area (Å²) in [7, 11) is 0. The molecule has 6 rings (SSSR count). The maximum atomic E-state index is 13.5. The molecule has 3 saturated heterocycles. The molecule has 33 heavy (non-hydrogen) atoms. The van der Waals surface area contributed by atoms with Crippen LogP contribution < -0.4 is 4.90 Å². The van der Waals surface area contributed by atoms with Crippen molar-refractivity contribution >= 4 is 5.69 Å². The first-order valence-electron chi connectivity index (χ1n) is 13.0. The molecule has 0 radical (unpaired) electrons. The van der Waals surface area contributed by atoms with Gasteiger partial charge in [-0.05, 0) is 81.0 Å². The van der Waals surface area contributed by atoms with Crippen molar-refractivity contribution in [1.29, 1.82) is 0 Å². The summed E-state index contributed by atoms with van der Waals surface area (Å²) in [6, 6.07) is 11.6. The Labute approximate surface area is 197 Å². The van der Waals surface area contributed by atoms with E-state index in [1.54, 1.807) is 23.4 Å². The molecule has 1 saturated carbocycles. The van der Waals surface area contributed by atoms with Crippen molar-refractivity contribution in [1.82, 2.24) is 9.88 Å². The number of ether oxygens (including phenoxy) is 1. The van der Waals surface area contributed by atoms with E-state index in [2.05, 4.69) is 39.0 Å². The number of hydrogen-bond acceptors (Lipinski definition) is 4. The first kappa shape index (κ1) is 21.5. The second-order valence-electron chi connectivity index (χ2n) is 10.9. The Hall–Kier alpha value is -1.98. The minimum Gasteiger partial charge on any atom is -0.381 e. The lowest BCUT2D eigenvalue weighted by atomic mass is 9.77. The zero-order valence-corrected chi connectivity index (χ0v) is 19.6. The van der Waals surface area contributed by atoms with Gasteiger partial charge in [-0.25, -0.2) is 4.39 Å². The third kappa shape index (κ3) is 4.30. The zero-order chi connectivity index (χ0) is 22.3. The minimum absolute atomic E-state index is 0.237. The van der Waals surface area contributed by atoms with Crippen LogP contribution >= 0.6 is 0 Å². The molecule has 0 amide bonds. The number of nitrogens with zero attached hydrogens (tertiary/aromatic N) is 3. The number of hydrogen-bond donors (Lipinski definition) is 0. The lowest BCUT2D eigenvalue weighted by Crippen LogP contribution is -2.56. The quantitative estimate of drug-likeness (QED) is 0.629. The van der Waals surface area contributed by atoms with Gasteiger partial charge in [-0.15, -0.1) is 0 Å². The number of anilines is 1. The van der Waals surface area contributed by atoms with Crippen molar-refractivity contribution in [3.05, 3.63) is 59.7 Å². The van der Waals surface area contributed by atoms with Gasteiger partial charge in [0.2, 0.25) is 0 Å². The molecule has 1 spiro atoms. The number of benzene rings is 1. The van der Waals surface area contributed by atoms with Crippen molar-refractivity contribution in [3.8, 4) is 0 Å². The summed E-state index contributed by atoms with van der Waals surface area (Å²) in [5.41, 5.74) is 4.59. The zero-order valence-electron chi connectivity index (χ0n) is 19.6. The molecular weight excluding hydrogens is 413 g/mol. The lowest BCUT2D eigenvalue weighted by Gasteiger charge is -2.50. The first-order valence-corrected chi connectivity index (χ1v) is 13.0. The van der Waals surface area contributed by atoms with Crippen LogP contribution in [0.15, 0.2) is 42.7 Å². The van der Waals surface area contributed by atoms with Gasteiger partial charge in [0, 0.05) is 43.8 Å². The van der Waals surface area contributed by atoms with Crippen molar-refractivity contribution in [2.45, 2.75) is 62.8 Å². The van der Waals surface area contributed by atoms with Gasteiger partial charge in [0.15, 0.2) is 0 Å². The number of pyridine rings is 1. The summed E-state index contributed by atoms with van der Waals surface area (Å²) in [6.07, 6.45) is 11.9. The second-order valence-corrected chi connectivity index (χ2v) is 10.9. The van der Waals surface area contributed by atoms with Gasteiger partial charge in [-0.2, -0.15) is 0 Å². The van der Waals surface area contributed by atoms with E-state index in [4.69, 9.17) is 4.74 Å². The number of likely N-dealkylation sites (tertiary alicyclic amines) is 1. The summed E-state index contributed by atoms with van der Waals surface area (Å²) >= 11 is 0. The fraction of sp³-hybridized carbons (Fsp3) is 0.607. The topological polar surface area (TPSA) is 28.6 Å². The van der Waals surface area contributed by atoms with Crippen LogP contribution in [0.3, 0.4) is 0 Å². The highest BCUT2D eigenvalue weighted by Crippen LogP contribution is 2.49. The number of rotatable bonds is 4. The summed E-state index contributed by atoms with van der Waals surface area (Å²) in [4.78, 5) is 9.12. The average Bonchev–Trinajstić information content (AvgIpc) is 3.30. The highest BCUT2D eigenvalue weighted by molar-refractivity contribution is 5.48. The van der Waals surface area contributed by atoms with Gasteiger partial charge in [-0.3, -0.25) is 4.98 Å². The Balaban J connectivity index is 1.04. The van der Waals surface area contributed by atoms with Crippen LogP contribution in [0, 0.1) is 11.2 Å². The standard InChI is InChI=1S/C28H36FN3O/c29-23-15-25(18-30-17-23)32-19-28(20-32)10-5-24(16-28)31-11-6-21(7-12-31)26-3-1-2-4-27(26)22-8-13-33-14-9-22/h1-4,15,17-18,21-22,24H,5-14,16,19-20H2. The average molecular weight is 450 g/mol. The number of piperidine rings is 1. The largest absolute Gasteiger partial charge is 0.381 e. The van der Waals surface area contributed by atoms with Crippen LogP contribution in [0.4, 0.5) is 10.1 Å². The smallest absolute Gasteiger partial charge is 0.143 e. The molecule has 1 aromatic carbocycles. The van der Waals surface area contributed by atoms with E-state index in [1.165, 1.54) is 64.2 Å². The third-order valence-electron chi connectivity index (χ3n) is 8.93. The molecule has 0 bridgehead atoms. The molecule has 5 heteroatoms. The van der Waals surface area contributed by atoms with E-state index in [1.807, 2.05) is 0 Å². The van der Waals surface area contributed by atoms with Crippen LogP contribution in [0.25, 0.3) is 0 Å². The van der Waals surface area contributed by atoms with Crippen LogP contribution in [0.1, 0.15) is 67.9 Å². The van der Waals surface area contributed by atoms with Gasteiger partial charge in [0.25, 0.3) is 0 Å². The normalized spacial score (nSPS) is 26.6. The summed E-state index contributed by atoms with van der Waals surface area (Å²) in [5.74, 6) is 1.15. The van der Waals surface area contributed by atoms with Crippen molar-refractivity contribution in [2.24, 2.45) is 5.41 Å². The van der Waals surface area contributed by atoms with Crippen LogP contribution in [-0.4, -0.2) is 55.3 Å². The van der Waals surface area contributed by atoms with Gasteiger partial charge in [0.1, 0.15) is 5.82 Å². The molecule has 1 atom stereocenters. The molecular formula is C28H36FN3O. The molecule has 4 nitrogen and oxygen atoms in total. The number of halogens is 1. The predicted molar refractivity (Wildman–Crippen MR) is 129 cm³/mol. The molecule has 176 valence electrons. The predicted octanol–water partition coefficient (Wildman–Crippen LogP) is 5.35. The van der Waals surface area contributed by atoms with Gasteiger partial charge < -0.3 is 14.5 Å². The minimum atomic E-state index is -0.237. The Morgan fingerprint density at radius 2 is 1.61 bits per heavy atom. The highest BCUT2D eigenvalue weighted by atomic mass is 19.1. The molecule has 4 aliphatic rings. The summed E-state index contributed by atoms with van der Waals surface area (Å²) in [6.45, 7) is 6.39. The van der Waals surface area contributed by atoms with Gasteiger partial charge in [0.05, 0.1) is 18.1 Å². The van der Waals surface area contributed by atoms with Crippen LogP contribution in [0.2, 0.25) is 0 Å². The molecule has 0 N–H and O–H groups in total. The monoisotopic (exact) mass is 449 g/mol. The molecule has 1 aromatic heterocycles. The van der Waals surface area contributed by atoms with Gasteiger partial charge in [-0.1, -0.05) is 24.3 Å². The van der Waals surface area contributed by atoms with Crippen LogP contribution in [-0.2, 0) is 4.74 Å². The lowest BCUT2D eigenvalue weighted by molar-refractivity contribution is 0.0848. The molecule has 1 unspecified atom stereocenters. The second kappa shape index (κ2) is 8.99. The molecule has 1 aliphatic carbocycles. The van der Waals surface area contributed by atoms with Crippen molar-refractivity contribution in [2.75, 3.05) is 44.3 Å². The fourth-order valence-electron chi connectivity index (χ4n) is 7.13. The van der Waals surface area contributed by atoms with E-state index in [9.17, 15) is 4.39 Å². The van der Waals surface area contributed by atoms with E-state index in [0.717, 1.165) is 38.0 Å². The Bertz CT molecular complexity index is 961. The van der Waals surface area contributed by atoms with E-state index in [0.29, 0.717) is 17.3 Å². The van der Waals surface area contributed by atoms with E-state index >= 15 is 0 Å². The molecule has 2 aromatic rings. The van der Waals surface area contributed by atoms with Crippen molar-refractivity contribution < 1.29 is 9.13 Å².